The molecule has 0 saturated heterocycles. The van der Waals surface area contributed by atoms with Gasteiger partial charge in [-0.3, -0.25) is 4.99 Å². The predicted molar refractivity (Wildman–Crippen MR) is 72.1 cm³/mol. The van der Waals surface area contributed by atoms with E-state index >= 15 is 0 Å². The molecule has 0 radical (unpaired) electrons. The lowest BCUT2D eigenvalue weighted by molar-refractivity contribution is -0.144. The Hall–Kier alpha value is -1.39. The lowest BCUT2D eigenvalue weighted by Crippen LogP contribution is -2.32. The van der Waals surface area contributed by atoms with Crippen LogP contribution in [0.2, 0.25) is 0 Å². The molecule has 0 bridgehead atoms. The van der Waals surface area contributed by atoms with Gasteiger partial charge in [-0.2, -0.15) is 0 Å². The van der Waals surface area contributed by atoms with E-state index in [0.29, 0.717) is 0 Å². The van der Waals surface area contributed by atoms with Crippen LogP contribution >= 0.6 is 0 Å². The lowest BCUT2D eigenvalue weighted by atomic mass is 10.2. The minimum absolute atomic E-state index is 0.0365. The molecule has 0 amide bonds. The number of hydrogen-bond donors (Lipinski definition) is 0. The number of nitrogens with zero attached hydrogens (tertiary/aromatic N) is 1. The van der Waals surface area contributed by atoms with Crippen LogP contribution in [0, 0.1) is 0 Å². The van der Waals surface area contributed by atoms with Crippen LogP contribution < -0.4 is 0 Å². The Morgan fingerprint density at radius 1 is 0.947 bits per heavy atom. The zero-order valence-corrected chi connectivity index (χ0v) is 12.1. The third-order valence-electron chi connectivity index (χ3n) is 2.71. The SMILES string of the molecule is CC(C)OC(=O)C(=NC1CCCC1)C(=O)OC(C)C. The highest BCUT2D eigenvalue weighted by atomic mass is 16.6. The zero-order chi connectivity index (χ0) is 14.4. The molecule has 5 heteroatoms. The Bertz CT molecular complexity index is 330. The Morgan fingerprint density at radius 3 is 1.74 bits per heavy atom. The average molecular weight is 269 g/mol. The van der Waals surface area contributed by atoms with E-state index in [1.54, 1.807) is 27.7 Å². The first-order valence-corrected chi connectivity index (χ1v) is 6.90. The summed E-state index contributed by atoms with van der Waals surface area (Å²) in [4.78, 5) is 28.1. The van der Waals surface area contributed by atoms with Crippen molar-refractivity contribution in [3.8, 4) is 0 Å². The van der Waals surface area contributed by atoms with Crippen molar-refractivity contribution in [3.63, 3.8) is 0 Å². The van der Waals surface area contributed by atoms with Gasteiger partial charge in [-0.25, -0.2) is 9.59 Å². The number of ether oxygens (including phenoxy) is 2. The lowest BCUT2D eigenvalue weighted by Gasteiger charge is -2.13. The van der Waals surface area contributed by atoms with Crippen LogP contribution in [0.4, 0.5) is 0 Å². The minimum Gasteiger partial charge on any atom is -0.458 e. The Labute approximate surface area is 114 Å². The maximum absolute atomic E-state index is 11.9. The van der Waals surface area contributed by atoms with Crippen molar-refractivity contribution in [2.45, 2.75) is 71.6 Å². The largest absolute Gasteiger partial charge is 0.458 e. The molecule has 19 heavy (non-hydrogen) atoms. The Kier molecular flexibility index (Phi) is 5.99. The molecular formula is C14H23NO4. The van der Waals surface area contributed by atoms with E-state index in [-0.39, 0.29) is 24.0 Å². The van der Waals surface area contributed by atoms with Crippen LogP contribution in [-0.2, 0) is 19.1 Å². The van der Waals surface area contributed by atoms with Gasteiger partial charge in [-0.05, 0) is 40.5 Å². The van der Waals surface area contributed by atoms with Gasteiger partial charge in [-0.1, -0.05) is 12.8 Å². The number of hydrogen-bond acceptors (Lipinski definition) is 5. The fourth-order valence-corrected chi connectivity index (χ4v) is 1.94. The molecule has 0 aromatic heterocycles. The third-order valence-corrected chi connectivity index (χ3v) is 2.71. The minimum atomic E-state index is -0.687. The predicted octanol–water partition coefficient (Wildman–Crippen LogP) is 2.27. The summed E-state index contributed by atoms with van der Waals surface area (Å²) in [6.45, 7) is 6.94. The monoisotopic (exact) mass is 269 g/mol. The second-order valence-electron chi connectivity index (χ2n) is 5.32. The van der Waals surface area contributed by atoms with Gasteiger partial charge in [0.25, 0.3) is 0 Å². The molecule has 5 nitrogen and oxygen atoms in total. The van der Waals surface area contributed by atoms with Gasteiger partial charge in [0.1, 0.15) is 0 Å². The Morgan fingerprint density at radius 2 is 1.37 bits per heavy atom. The van der Waals surface area contributed by atoms with E-state index in [0.717, 1.165) is 25.7 Å². The van der Waals surface area contributed by atoms with E-state index in [2.05, 4.69) is 4.99 Å². The van der Waals surface area contributed by atoms with Gasteiger partial charge in [0.05, 0.1) is 18.2 Å². The highest BCUT2D eigenvalue weighted by molar-refractivity contribution is 6.62. The van der Waals surface area contributed by atoms with Crippen LogP contribution in [0.25, 0.3) is 0 Å². The second-order valence-corrected chi connectivity index (χ2v) is 5.32. The smallest absolute Gasteiger partial charge is 0.364 e. The van der Waals surface area contributed by atoms with Gasteiger partial charge >= 0.3 is 11.9 Å². The molecule has 1 aliphatic rings. The highest BCUT2D eigenvalue weighted by Crippen LogP contribution is 2.21. The normalized spacial score (nSPS) is 15.7. The first-order chi connectivity index (χ1) is 8.90. The van der Waals surface area contributed by atoms with Gasteiger partial charge in [0.15, 0.2) is 0 Å². The third kappa shape index (κ3) is 5.41. The van der Waals surface area contributed by atoms with Crippen molar-refractivity contribution in [2.75, 3.05) is 0 Å². The molecule has 0 N–H and O–H groups in total. The summed E-state index contributed by atoms with van der Waals surface area (Å²) in [6, 6.07) is 0.0365. The summed E-state index contributed by atoms with van der Waals surface area (Å²) >= 11 is 0. The fourth-order valence-electron chi connectivity index (χ4n) is 1.94. The average Bonchev–Trinajstić information content (AvgIpc) is 2.76. The molecule has 0 unspecified atom stereocenters. The maximum Gasteiger partial charge on any atom is 0.364 e. The van der Waals surface area contributed by atoms with Crippen molar-refractivity contribution in [2.24, 2.45) is 4.99 Å². The van der Waals surface area contributed by atoms with Gasteiger partial charge in [0, 0.05) is 0 Å². The summed E-state index contributed by atoms with van der Waals surface area (Å²) in [5, 5.41) is 0. The standard InChI is InChI=1S/C14H23NO4/c1-9(2)18-13(16)12(14(17)19-10(3)4)15-11-7-5-6-8-11/h9-11H,5-8H2,1-4H3. The second kappa shape index (κ2) is 7.26. The quantitative estimate of drug-likeness (QED) is 0.436. The van der Waals surface area contributed by atoms with Crippen molar-refractivity contribution in [1.82, 2.24) is 0 Å². The molecular weight excluding hydrogens is 246 g/mol. The summed E-state index contributed by atoms with van der Waals surface area (Å²) in [5.74, 6) is -1.37. The van der Waals surface area contributed by atoms with Crippen LogP contribution in [-0.4, -0.2) is 35.9 Å². The molecule has 0 heterocycles. The molecule has 1 rings (SSSR count). The molecule has 1 saturated carbocycles. The van der Waals surface area contributed by atoms with Crippen LogP contribution in [0.1, 0.15) is 53.4 Å². The number of aliphatic imine (C=N–C) groups is 1. The maximum atomic E-state index is 11.9. The molecule has 0 atom stereocenters. The van der Waals surface area contributed by atoms with Gasteiger partial charge in [0.2, 0.25) is 5.71 Å². The number of carbonyl (C=O) groups excluding carboxylic acids is 2. The topological polar surface area (TPSA) is 65.0 Å². The van der Waals surface area contributed by atoms with Crippen LogP contribution in [0.15, 0.2) is 4.99 Å². The first-order valence-electron chi connectivity index (χ1n) is 6.90. The highest BCUT2D eigenvalue weighted by Gasteiger charge is 2.27. The van der Waals surface area contributed by atoms with Crippen molar-refractivity contribution in [3.05, 3.63) is 0 Å². The van der Waals surface area contributed by atoms with Crippen molar-refractivity contribution in [1.29, 1.82) is 0 Å². The van der Waals surface area contributed by atoms with Gasteiger partial charge < -0.3 is 9.47 Å². The number of esters is 2. The van der Waals surface area contributed by atoms with E-state index in [1.807, 2.05) is 0 Å². The molecule has 0 spiro atoms. The van der Waals surface area contributed by atoms with Gasteiger partial charge in [-0.15, -0.1) is 0 Å². The molecule has 0 aromatic rings. The summed E-state index contributed by atoms with van der Waals surface area (Å²) in [7, 11) is 0. The Balaban J connectivity index is 2.82. The number of carbonyl (C=O) groups is 2. The van der Waals surface area contributed by atoms with E-state index in [4.69, 9.17) is 9.47 Å². The van der Waals surface area contributed by atoms with E-state index in [9.17, 15) is 9.59 Å². The van der Waals surface area contributed by atoms with Crippen LogP contribution in [0.5, 0.6) is 0 Å². The molecule has 1 aliphatic carbocycles. The van der Waals surface area contributed by atoms with Crippen LogP contribution in [0.3, 0.4) is 0 Å². The van der Waals surface area contributed by atoms with E-state index in [1.165, 1.54) is 0 Å². The summed E-state index contributed by atoms with van der Waals surface area (Å²) in [6.07, 6.45) is 3.42. The summed E-state index contributed by atoms with van der Waals surface area (Å²) in [5.41, 5.74) is -0.200. The molecule has 0 aliphatic heterocycles. The molecule has 1 fully saturated rings. The first kappa shape index (κ1) is 15.7. The van der Waals surface area contributed by atoms with E-state index < -0.39 is 11.9 Å². The van der Waals surface area contributed by atoms with Crippen molar-refractivity contribution < 1.29 is 19.1 Å². The molecule has 108 valence electrons. The summed E-state index contributed by atoms with van der Waals surface area (Å²) < 4.78 is 10.1. The number of rotatable bonds is 5. The fraction of sp³-hybridized carbons (Fsp3) is 0.786. The van der Waals surface area contributed by atoms with Crippen molar-refractivity contribution >= 4 is 17.7 Å². The molecule has 0 aromatic carbocycles. The zero-order valence-electron chi connectivity index (χ0n) is 12.1.